The number of esters is 1. The molecule has 0 aromatic heterocycles. The zero-order valence-corrected chi connectivity index (χ0v) is 18.9. The summed E-state index contributed by atoms with van der Waals surface area (Å²) in [5, 5.41) is -4.64. The molecule has 0 bridgehead atoms. The van der Waals surface area contributed by atoms with E-state index >= 15 is 0 Å². The van der Waals surface area contributed by atoms with Gasteiger partial charge in [0.2, 0.25) is 0 Å². The van der Waals surface area contributed by atoms with E-state index in [1.807, 2.05) is 13.8 Å². The Morgan fingerprint density at radius 3 is 1.74 bits per heavy atom. The highest BCUT2D eigenvalue weighted by Gasteiger charge is 2.52. The number of rotatable bonds is 14. The highest BCUT2D eigenvalue weighted by Crippen LogP contribution is 2.33. The largest absolute Gasteiger partial charge is 0.455 e. The van der Waals surface area contributed by atoms with Crippen molar-refractivity contribution in [3.63, 3.8) is 0 Å². The van der Waals surface area contributed by atoms with Crippen molar-refractivity contribution < 1.29 is 50.2 Å². The van der Waals surface area contributed by atoms with Crippen LogP contribution < -0.4 is 0 Å². The third kappa shape index (κ3) is 6.32. The smallest absolute Gasteiger partial charge is 0.405 e. The van der Waals surface area contributed by atoms with Gasteiger partial charge in [0.05, 0.1) is 52.9 Å². The van der Waals surface area contributed by atoms with E-state index in [-0.39, 0.29) is 24.0 Å². The lowest BCUT2D eigenvalue weighted by atomic mass is 9.84. The Labute approximate surface area is 181 Å². The first kappa shape index (κ1) is 26.3. The van der Waals surface area contributed by atoms with Crippen molar-refractivity contribution in [3.8, 4) is 0 Å². The summed E-state index contributed by atoms with van der Waals surface area (Å²) >= 11 is 0. The molecule has 31 heavy (non-hydrogen) atoms. The van der Waals surface area contributed by atoms with E-state index in [9.17, 15) is 22.0 Å². The third-order valence-corrected chi connectivity index (χ3v) is 7.05. The van der Waals surface area contributed by atoms with Crippen molar-refractivity contribution in [2.45, 2.75) is 45.0 Å². The average Bonchev–Trinajstić information content (AvgIpc) is 2.63. The van der Waals surface area contributed by atoms with E-state index in [0.29, 0.717) is 46.6 Å². The second-order valence-electron chi connectivity index (χ2n) is 8.54. The minimum Gasteiger partial charge on any atom is -0.455 e. The number of ether oxygens (including phenoxy) is 5. The predicted molar refractivity (Wildman–Crippen MR) is 104 cm³/mol. The molecule has 2 aliphatic heterocycles. The Morgan fingerprint density at radius 2 is 1.45 bits per heavy atom. The van der Waals surface area contributed by atoms with Crippen molar-refractivity contribution >= 4 is 16.1 Å². The molecule has 0 aromatic carbocycles. The molecule has 1 N–H and O–H groups in total. The van der Waals surface area contributed by atoms with Crippen molar-refractivity contribution in [2.75, 3.05) is 52.9 Å². The maximum absolute atomic E-state index is 13.8. The molecule has 0 radical (unpaired) electrons. The van der Waals surface area contributed by atoms with Gasteiger partial charge in [-0.2, -0.15) is 17.2 Å². The fourth-order valence-corrected chi connectivity index (χ4v) is 3.60. The predicted octanol–water partition coefficient (Wildman–Crippen LogP) is 1.90. The zero-order valence-electron chi connectivity index (χ0n) is 18.1. The van der Waals surface area contributed by atoms with E-state index in [4.69, 9.17) is 23.5 Å². The number of hydrogen-bond acceptors (Lipinski definition) is 8. The van der Waals surface area contributed by atoms with Gasteiger partial charge in [0, 0.05) is 10.8 Å². The van der Waals surface area contributed by atoms with Crippen LogP contribution in [-0.2, 0) is 38.6 Å². The number of hydrogen-bond donors (Lipinski definition) is 1. The second-order valence-corrected chi connectivity index (χ2v) is 10.0. The van der Waals surface area contributed by atoms with E-state index in [0.717, 1.165) is 12.8 Å². The summed E-state index contributed by atoms with van der Waals surface area (Å²) < 4.78 is 84.4. The SMILES string of the molecule is CCC1(COCC(COCC2(CC)COC2)C(=O)OC(C)C(F)(F)S(=O)(=O)O)COC1. The summed E-state index contributed by atoms with van der Waals surface area (Å²) in [5.74, 6) is -2.15. The van der Waals surface area contributed by atoms with Gasteiger partial charge in [-0.25, -0.2) is 0 Å². The molecule has 0 aromatic rings. The Bertz CT molecular complexity index is 666. The Hall–Kier alpha value is -0.920. The van der Waals surface area contributed by atoms with Crippen LogP contribution >= 0.6 is 0 Å². The normalized spacial score (nSPS) is 21.3. The maximum Gasteiger partial charge on any atom is 0.405 e. The van der Waals surface area contributed by atoms with Crippen molar-refractivity contribution in [2.24, 2.45) is 16.7 Å². The molecule has 2 rings (SSSR count). The zero-order chi connectivity index (χ0) is 23.3. The fourth-order valence-electron chi connectivity index (χ4n) is 3.13. The van der Waals surface area contributed by atoms with Gasteiger partial charge in [-0.3, -0.25) is 9.35 Å². The molecular weight excluding hydrogens is 442 g/mol. The number of carbonyl (C=O) groups is 1. The van der Waals surface area contributed by atoms with Gasteiger partial charge in [-0.05, 0) is 19.8 Å². The molecule has 0 spiro atoms. The summed E-state index contributed by atoms with van der Waals surface area (Å²) in [6, 6.07) is 0. The molecule has 12 heteroatoms. The van der Waals surface area contributed by atoms with Crippen LogP contribution in [0.5, 0.6) is 0 Å². The Morgan fingerprint density at radius 1 is 1.03 bits per heavy atom. The summed E-state index contributed by atoms with van der Waals surface area (Å²) in [4.78, 5) is 12.5. The standard InChI is InChI=1S/C19H32F2O9S/c1-4-17(10-28-11-17)8-26-6-15(7-27-9-18(5-2)12-29-13-18)16(22)30-14(3)19(20,21)31(23,24)25/h14-15H,4-13H2,1-3H3,(H,23,24,25). The molecule has 182 valence electrons. The Balaban J connectivity index is 1.96. The van der Waals surface area contributed by atoms with Crippen LogP contribution in [0.2, 0.25) is 0 Å². The van der Waals surface area contributed by atoms with Gasteiger partial charge in [-0.15, -0.1) is 0 Å². The van der Waals surface area contributed by atoms with Gasteiger partial charge in [0.1, 0.15) is 5.92 Å². The molecule has 2 heterocycles. The topological polar surface area (TPSA) is 118 Å². The fraction of sp³-hybridized carbons (Fsp3) is 0.947. The third-order valence-electron chi connectivity index (χ3n) is 6.03. The van der Waals surface area contributed by atoms with Crippen LogP contribution in [0.25, 0.3) is 0 Å². The highest BCUT2D eigenvalue weighted by molar-refractivity contribution is 7.86. The van der Waals surface area contributed by atoms with Crippen LogP contribution in [0.1, 0.15) is 33.6 Å². The minimum atomic E-state index is -5.74. The number of carbonyl (C=O) groups excluding carboxylic acids is 1. The van der Waals surface area contributed by atoms with Gasteiger partial charge in [0.25, 0.3) is 0 Å². The maximum atomic E-state index is 13.8. The van der Waals surface area contributed by atoms with Gasteiger partial charge >= 0.3 is 21.3 Å². The van der Waals surface area contributed by atoms with Crippen LogP contribution in [-0.4, -0.2) is 83.2 Å². The van der Waals surface area contributed by atoms with Crippen LogP contribution in [0.4, 0.5) is 8.78 Å². The van der Waals surface area contributed by atoms with E-state index in [1.54, 1.807) is 0 Å². The van der Waals surface area contributed by atoms with Crippen LogP contribution in [0, 0.1) is 16.7 Å². The lowest BCUT2D eigenvalue weighted by Crippen LogP contribution is -2.47. The molecular formula is C19H32F2O9S. The van der Waals surface area contributed by atoms with Gasteiger partial charge in [-0.1, -0.05) is 13.8 Å². The molecule has 2 fully saturated rings. The lowest BCUT2D eigenvalue weighted by molar-refractivity contribution is -0.180. The first-order chi connectivity index (χ1) is 14.4. The number of alkyl halides is 2. The summed E-state index contributed by atoms with van der Waals surface area (Å²) in [6.07, 6.45) is -0.758. The molecule has 9 nitrogen and oxygen atoms in total. The van der Waals surface area contributed by atoms with Crippen molar-refractivity contribution in [3.05, 3.63) is 0 Å². The lowest BCUT2D eigenvalue weighted by Gasteiger charge is -2.41. The van der Waals surface area contributed by atoms with E-state index in [2.05, 4.69) is 4.74 Å². The highest BCUT2D eigenvalue weighted by atomic mass is 32.2. The minimum absolute atomic E-state index is 0.143. The van der Waals surface area contributed by atoms with Crippen LogP contribution in [0.3, 0.4) is 0 Å². The first-order valence-corrected chi connectivity index (χ1v) is 11.7. The average molecular weight is 475 g/mol. The van der Waals surface area contributed by atoms with Crippen molar-refractivity contribution in [1.82, 2.24) is 0 Å². The van der Waals surface area contributed by atoms with Crippen molar-refractivity contribution in [1.29, 1.82) is 0 Å². The second kappa shape index (κ2) is 10.3. The molecule has 2 saturated heterocycles. The molecule has 0 aliphatic carbocycles. The quantitative estimate of drug-likeness (QED) is 0.297. The number of halogens is 2. The molecule has 1 unspecified atom stereocenters. The monoisotopic (exact) mass is 474 g/mol. The van der Waals surface area contributed by atoms with Crippen LogP contribution in [0.15, 0.2) is 0 Å². The van der Waals surface area contributed by atoms with Gasteiger partial charge < -0.3 is 23.7 Å². The van der Waals surface area contributed by atoms with E-state index in [1.165, 1.54) is 0 Å². The van der Waals surface area contributed by atoms with Gasteiger partial charge in [0.15, 0.2) is 6.10 Å². The first-order valence-electron chi connectivity index (χ1n) is 10.3. The summed E-state index contributed by atoms with van der Waals surface area (Å²) in [6.45, 7) is 7.14. The summed E-state index contributed by atoms with van der Waals surface area (Å²) in [7, 11) is -5.74. The molecule has 2 aliphatic rings. The molecule has 0 amide bonds. The summed E-state index contributed by atoms with van der Waals surface area (Å²) in [5.41, 5.74) is -0.285. The molecule has 0 saturated carbocycles. The molecule has 1 atom stereocenters. The Kier molecular flexibility index (Phi) is 8.79. The van der Waals surface area contributed by atoms with E-state index < -0.39 is 33.4 Å².